The molecule has 0 aromatic rings. The van der Waals surface area contributed by atoms with Crippen molar-refractivity contribution < 1.29 is 19.4 Å². The zero-order chi connectivity index (χ0) is 13.8. The van der Waals surface area contributed by atoms with Gasteiger partial charge < -0.3 is 14.6 Å². The summed E-state index contributed by atoms with van der Waals surface area (Å²) >= 11 is 0. The lowest BCUT2D eigenvalue weighted by Crippen LogP contribution is -2.31. The second kappa shape index (κ2) is 11.2. The first-order chi connectivity index (χ1) is 8.61. The highest BCUT2D eigenvalue weighted by Crippen LogP contribution is 1.96. The number of aliphatic carboxylic acids is 1. The number of nitrogens with zero attached hydrogens (tertiary/aromatic N) is 1. The molecule has 0 fully saturated rings. The first-order valence-electron chi connectivity index (χ1n) is 6.39. The van der Waals surface area contributed by atoms with Crippen LogP contribution in [0.1, 0.15) is 20.8 Å². The molecule has 0 aliphatic carbocycles. The number of rotatable bonds is 11. The summed E-state index contributed by atoms with van der Waals surface area (Å²) in [5, 5.41) is 8.79. The monoisotopic (exact) mass is 259 g/mol. The minimum absolute atomic E-state index is 0.368. The number of carbonyl (C=O) groups is 1. The molecule has 0 rings (SSSR count). The van der Waals surface area contributed by atoms with Crippen LogP contribution in [-0.2, 0) is 14.3 Å². The van der Waals surface area contributed by atoms with E-state index in [-0.39, 0.29) is 0 Å². The van der Waals surface area contributed by atoms with Gasteiger partial charge in [0.2, 0.25) is 0 Å². The Bertz CT molecular complexity index is 243. The average molecular weight is 259 g/mol. The molecule has 0 atom stereocenters. The third-order valence-electron chi connectivity index (χ3n) is 2.50. The van der Waals surface area contributed by atoms with E-state index in [1.54, 1.807) is 13.0 Å². The summed E-state index contributed by atoms with van der Waals surface area (Å²) in [5.41, 5.74) is 0.368. The molecule has 0 saturated heterocycles. The molecule has 1 N–H and O–H groups in total. The summed E-state index contributed by atoms with van der Waals surface area (Å²) in [6.45, 7) is 10.4. The molecule has 5 heteroatoms. The maximum atomic E-state index is 10.7. The highest BCUT2D eigenvalue weighted by Gasteiger charge is 2.05. The van der Waals surface area contributed by atoms with E-state index in [0.29, 0.717) is 38.5 Å². The molecular formula is C13H25NO4. The second-order valence-electron chi connectivity index (χ2n) is 3.89. The lowest BCUT2D eigenvalue weighted by molar-refractivity contribution is -0.132. The van der Waals surface area contributed by atoms with Crippen molar-refractivity contribution in [3.05, 3.63) is 11.6 Å². The van der Waals surface area contributed by atoms with Crippen LogP contribution in [0.3, 0.4) is 0 Å². The van der Waals surface area contributed by atoms with Gasteiger partial charge in [0.15, 0.2) is 0 Å². The van der Waals surface area contributed by atoms with Crippen molar-refractivity contribution in [3.63, 3.8) is 0 Å². The van der Waals surface area contributed by atoms with E-state index in [1.807, 2.05) is 13.8 Å². The molecule has 0 aliphatic rings. The molecular weight excluding hydrogens is 234 g/mol. The number of ether oxygens (including phenoxy) is 2. The Labute approximate surface area is 109 Å². The van der Waals surface area contributed by atoms with Crippen LogP contribution in [-0.4, -0.2) is 62.0 Å². The van der Waals surface area contributed by atoms with Gasteiger partial charge in [-0.3, -0.25) is 4.90 Å². The Hall–Kier alpha value is -0.910. The maximum Gasteiger partial charge on any atom is 0.330 e. The van der Waals surface area contributed by atoms with Crippen molar-refractivity contribution in [2.24, 2.45) is 0 Å². The van der Waals surface area contributed by atoms with Gasteiger partial charge in [0.25, 0.3) is 0 Å². The van der Waals surface area contributed by atoms with Gasteiger partial charge >= 0.3 is 5.97 Å². The molecule has 0 spiro atoms. The van der Waals surface area contributed by atoms with Gasteiger partial charge in [0, 0.05) is 38.4 Å². The fourth-order valence-electron chi connectivity index (χ4n) is 1.32. The van der Waals surface area contributed by atoms with Crippen molar-refractivity contribution in [2.45, 2.75) is 20.8 Å². The average Bonchev–Trinajstić information content (AvgIpc) is 2.35. The predicted octanol–water partition coefficient (Wildman–Crippen LogP) is 1.39. The van der Waals surface area contributed by atoms with E-state index in [0.717, 1.165) is 13.1 Å². The smallest absolute Gasteiger partial charge is 0.330 e. The Morgan fingerprint density at radius 1 is 1.17 bits per heavy atom. The van der Waals surface area contributed by atoms with Gasteiger partial charge in [-0.1, -0.05) is 6.08 Å². The Kier molecular flexibility index (Phi) is 10.6. The van der Waals surface area contributed by atoms with E-state index in [4.69, 9.17) is 14.6 Å². The molecule has 0 saturated carbocycles. The number of carboxylic acids is 1. The zero-order valence-electron chi connectivity index (χ0n) is 11.6. The van der Waals surface area contributed by atoms with Crippen molar-refractivity contribution >= 4 is 5.97 Å². The summed E-state index contributed by atoms with van der Waals surface area (Å²) in [5.74, 6) is -0.871. The fourth-order valence-corrected chi connectivity index (χ4v) is 1.32. The molecule has 0 amide bonds. The summed E-state index contributed by atoms with van der Waals surface area (Å²) in [6, 6.07) is 0. The van der Waals surface area contributed by atoms with Crippen molar-refractivity contribution in [1.82, 2.24) is 4.90 Å². The summed E-state index contributed by atoms with van der Waals surface area (Å²) < 4.78 is 10.6. The van der Waals surface area contributed by atoms with E-state index >= 15 is 0 Å². The van der Waals surface area contributed by atoms with Gasteiger partial charge in [-0.25, -0.2) is 4.79 Å². The van der Waals surface area contributed by atoms with Crippen molar-refractivity contribution in [2.75, 3.05) is 46.1 Å². The largest absolute Gasteiger partial charge is 0.478 e. The van der Waals surface area contributed by atoms with Crippen LogP contribution in [0.4, 0.5) is 0 Å². The molecule has 0 radical (unpaired) electrons. The molecule has 5 nitrogen and oxygen atoms in total. The van der Waals surface area contributed by atoms with E-state index in [9.17, 15) is 4.79 Å². The topological polar surface area (TPSA) is 59.0 Å². The second-order valence-corrected chi connectivity index (χ2v) is 3.89. The summed E-state index contributed by atoms with van der Waals surface area (Å²) in [6.07, 6.45) is 1.72. The first kappa shape index (κ1) is 17.1. The first-order valence-corrected chi connectivity index (χ1v) is 6.39. The predicted molar refractivity (Wildman–Crippen MR) is 70.8 cm³/mol. The lowest BCUT2D eigenvalue weighted by atomic mass is 10.3. The van der Waals surface area contributed by atoms with Crippen LogP contribution in [0.5, 0.6) is 0 Å². The Morgan fingerprint density at radius 2 is 1.67 bits per heavy atom. The number of hydrogen-bond acceptors (Lipinski definition) is 4. The zero-order valence-corrected chi connectivity index (χ0v) is 11.6. The van der Waals surface area contributed by atoms with Crippen LogP contribution in [0, 0.1) is 0 Å². The molecule has 106 valence electrons. The van der Waals surface area contributed by atoms with Crippen LogP contribution in [0.2, 0.25) is 0 Å². The molecule has 0 aromatic carbocycles. The minimum Gasteiger partial charge on any atom is -0.478 e. The van der Waals surface area contributed by atoms with Gasteiger partial charge in [-0.05, 0) is 20.8 Å². The van der Waals surface area contributed by atoms with Crippen LogP contribution >= 0.6 is 0 Å². The highest BCUT2D eigenvalue weighted by molar-refractivity contribution is 5.85. The van der Waals surface area contributed by atoms with Gasteiger partial charge in [-0.2, -0.15) is 0 Å². The van der Waals surface area contributed by atoms with E-state index < -0.39 is 5.97 Å². The standard InChI is InChI=1S/C13H25NO4/c1-4-17-10-8-14(9-11-18-5-2)7-6-12(3)13(15)16/h6H,4-5,7-11H2,1-3H3,(H,15,16)/b12-6-. The van der Waals surface area contributed by atoms with Crippen molar-refractivity contribution in [1.29, 1.82) is 0 Å². The maximum absolute atomic E-state index is 10.7. The highest BCUT2D eigenvalue weighted by atomic mass is 16.5. The van der Waals surface area contributed by atoms with Crippen LogP contribution < -0.4 is 0 Å². The fraction of sp³-hybridized carbons (Fsp3) is 0.769. The van der Waals surface area contributed by atoms with Crippen LogP contribution in [0.15, 0.2) is 11.6 Å². The van der Waals surface area contributed by atoms with E-state index in [2.05, 4.69) is 4.90 Å². The molecule has 0 aliphatic heterocycles. The SMILES string of the molecule is CCOCCN(C/C=C(/C)C(=O)O)CCOCC. The third-order valence-corrected chi connectivity index (χ3v) is 2.50. The molecule has 0 aromatic heterocycles. The van der Waals surface area contributed by atoms with Crippen molar-refractivity contribution in [3.8, 4) is 0 Å². The quantitative estimate of drug-likeness (QED) is 0.449. The molecule has 18 heavy (non-hydrogen) atoms. The normalized spacial score (nSPS) is 12.1. The Morgan fingerprint density at radius 3 is 2.06 bits per heavy atom. The van der Waals surface area contributed by atoms with Crippen LogP contribution in [0.25, 0.3) is 0 Å². The van der Waals surface area contributed by atoms with Gasteiger partial charge in [-0.15, -0.1) is 0 Å². The minimum atomic E-state index is -0.871. The Balaban J connectivity index is 4.10. The number of hydrogen-bond donors (Lipinski definition) is 1. The molecule has 0 bridgehead atoms. The van der Waals surface area contributed by atoms with Gasteiger partial charge in [0.05, 0.1) is 13.2 Å². The van der Waals surface area contributed by atoms with E-state index in [1.165, 1.54) is 0 Å². The summed E-state index contributed by atoms with van der Waals surface area (Å²) in [7, 11) is 0. The molecule has 0 unspecified atom stereocenters. The summed E-state index contributed by atoms with van der Waals surface area (Å²) in [4.78, 5) is 12.8. The molecule has 0 heterocycles. The van der Waals surface area contributed by atoms with Gasteiger partial charge in [0.1, 0.15) is 0 Å². The third kappa shape index (κ3) is 9.15. The number of carboxylic acid groups (broad SMARTS) is 1. The lowest BCUT2D eigenvalue weighted by Gasteiger charge is -2.20.